The van der Waals surface area contributed by atoms with Crippen molar-refractivity contribution in [3.05, 3.63) is 11.8 Å². The predicted molar refractivity (Wildman–Crippen MR) is 58.5 cm³/mol. The van der Waals surface area contributed by atoms with Crippen LogP contribution in [0.2, 0.25) is 0 Å². The highest BCUT2D eigenvalue weighted by Gasteiger charge is 2.40. The fourth-order valence-corrected chi connectivity index (χ4v) is 2.46. The van der Waals surface area contributed by atoms with Crippen molar-refractivity contribution in [2.75, 3.05) is 19.7 Å². The Bertz CT molecular complexity index is 277. The second-order valence-corrected chi connectivity index (χ2v) is 4.45. The average molecular weight is 209 g/mol. The van der Waals surface area contributed by atoms with E-state index in [9.17, 15) is 4.79 Å². The number of allylic oxidation sites excluding steroid dienone is 1. The zero-order valence-electron chi connectivity index (χ0n) is 9.34. The predicted octanol–water partition coefficient (Wildman–Crippen LogP) is 1.64. The molecule has 0 aromatic heterocycles. The van der Waals surface area contributed by atoms with E-state index in [0.29, 0.717) is 12.4 Å². The number of Topliss-reactive ketones (excluding diaryl/α,β-unsaturated/α-hetero) is 1. The van der Waals surface area contributed by atoms with E-state index in [1.807, 2.05) is 6.08 Å². The number of carbonyl (C=O) groups is 1. The van der Waals surface area contributed by atoms with Crippen LogP contribution in [0.1, 0.15) is 32.6 Å². The van der Waals surface area contributed by atoms with E-state index >= 15 is 0 Å². The van der Waals surface area contributed by atoms with Crippen LogP contribution in [0.15, 0.2) is 11.8 Å². The lowest BCUT2D eigenvalue weighted by Gasteiger charge is -2.35. The van der Waals surface area contributed by atoms with Crippen molar-refractivity contribution in [3.8, 4) is 0 Å². The summed E-state index contributed by atoms with van der Waals surface area (Å²) in [5.41, 5.74) is -0.200. The Labute approximate surface area is 90.9 Å². The van der Waals surface area contributed by atoms with Gasteiger partial charge in [-0.1, -0.05) is 6.92 Å². The van der Waals surface area contributed by atoms with E-state index in [0.717, 1.165) is 38.8 Å². The lowest BCUT2D eigenvalue weighted by atomic mass is 9.74. The number of carbonyl (C=O) groups excluding carboxylic acids is 1. The fraction of sp³-hybridized carbons (Fsp3) is 0.750. The molecule has 0 saturated carbocycles. The van der Waals surface area contributed by atoms with E-state index in [-0.39, 0.29) is 11.2 Å². The van der Waals surface area contributed by atoms with Crippen LogP contribution in [0.5, 0.6) is 0 Å². The highest BCUT2D eigenvalue weighted by molar-refractivity contribution is 5.98. The summed E-state index contributed by atoms with van der Waals surface area (Å²) >= 11 is 0. The van der Waals surface area contributed by atoms with Crippen LogP contribution in [0.25, 0.3) is 0 Å². The molecule has 2 aliphatic rings. The van der Waals surface area contributed by atoms with E-state index in [4.69, 9.17) is 4.74 Å². The summed E-state index contributed by atoms with van der Waals surface area (Å²) in [6.07, 6.45) is 5.81. The number of nitrogens with one attached hydrogen (secondary N) is 1. The summed E-state index contributed by atoms with van der Waals surface area (Å²) in [6.45, 7) is 4.62. The van der Waals surface area contributed by atoms with E-state index < -0.39 is 0 Å². The average Bonchev–Trinajstić information content (AvgIpc) is 2.82. The van der Waals surface area contributed by atoms with Gasteiger partial charge in [-0.2, -0.15) is 0 Å². The SMILES string of the molecule is CCC1(C(=O)C2=CCCO2)CCCNC1. The number of hydrogen-bond acceptors (Lipinski definition) is 3. The van der Waals surface area contributed by atoms with Gasteiger partial charge in [0.2, 0.25) is 5.78 Å². The molecule has 3 heteroatoms. The Kier molecular flexibility index (Phi) is 3.10. The second-order valence-electron chi connectivity index (χ2n) is 4.45. The summed E-state index contributed by atoms with van der Waals surface area (Å²) in [4.78, 5) is 12.3. The van der Waals surface area contributed by atoms with Gasteiger partial charge < -0.3 is 10.1 Å². The largest absolute Gasteiger partial charge is 0.490 e. The van der Waals surface area contributed by atoms with E-state index in [1.165, 1.54) is 0 Å². The molecule has 0 aliphatic carbocycles. The van der Waals surface area contributed by atoms with Gasteiger partial charge in [0.1, 0.15) is 0 Å². The molecule has 0 amide bonds. The highest BCUT2D eigenvalue weighted by atomic mass is 16.5. The van der Waals surface area contributed by atoms with Crippen molar-refractivity contribution in [1.82, 2.24) is 5.32 Å². The van der Waals surface area contributed by atoms with Gasteiger partial charge in [-0.05, 0) is 31.9 Å². The Morgan fingerprint density at radius 3 is 3.07 bits per heavy atom. The quantitative estimate of drug-likeness (QED) is 0.768. The first-order valence-corrected chi connectivity index (χ1v) is 5.87. The molecule has 1 unspecified atom stereocenters. The molecule has 15 heavy (non-hydrogen) atoms. The van der Waals surface area contributed by atoms with Crippen LogP contribution in [0, 0.1) is 5.41 Å². The van der Waals surface area contributed by atoms with Gasteiger partial charge >= 0.3 is 0 Å². The first-order valence-electron chi connectivity index (χ1n) is 5.87. The number of piperidine rings is 1. The molecule has 0 spiro atoms. The molecule has 3 nitrogen and oxygen atoms in total. The van der Waals surface area contributed by atoms with E-state index in [2.05, 4.69) is 12.2 Å². The van der Waals surface area contributed by atoms with Gasteiger partial charge in [-0.25, -0.2) is 0 Å². The van der Waals surface area contributed by atoms with Gasteiger partial charge in [-0.3, -0.25) is 4.79 Å². The summed E-state index contributed by atoms with van der Waals surface area (Å²) in [6, 6.07) is 0. The Morgan fingerprint density at radius 2 is 2.53 bits per heavy atom. The number of ether oxygens (including phenoxy) is 1. The normalized spacial score (nSPS) is 30.9. The molecular formula is C12H19NO2. The fourth-order valence-electron chi connectivity index (χ4n) is 2.46. The van der Waals surface area contributed by atoms with Gasteiger partial charge in [0, 0.05) is 18.4 Å². The molecule has 0 bridgehead atoms. The van der Waals surface area contributed by atoms with E-state index in [1.54, 1.807) is 0 Å². The molecule has 0 aromatic rings. The molecule has 84 valence electrons. The molecule has 0 radical (unpaired) electrons. The third-order valence-corrected chi connectivity index (χ3v) is 3.56. The standard InChI is InChI=1S/C12H19NO2/c1-2-12(6-4-7-13-9-12)11(14)10-5-3-8-15-10/h5,13H,2-4,6-9H2,1H3. The minimum absolute atomic E-state index is 0.200. The summed E-state index contributed by atoms with van der Waals surface area (Å²) in [7, 11) is 0. The van der Waals surface area contributed by atoms with Gasteiger partial charge in [0.15, 0.2) is 5.76 Å². The lowest BCUT2D eigenvalue weighted by Crippen LogP contribution is -2.45. The minimum atomic E-state index is -0.200. The summed E-state index contributed by atoms with van der Waals surface area (Å²) < 4.78 is 5.38. The topological polar surface area (TPSA) is 38.3 Å². The molecule has 1 saturated heterocycles. The Morgan fingerprint density at radius 1 is 1.67 bits per heavy atom. The smallest absolute Gasteiger partial charge is 0.204 e. The van der Waals surface area contributed by atoms with Crippen LogP contribution in [0.4, 0.5) is 0 Å². The molecule has 2 rings (SSSR count). The maximum absolute atomic E-state index is 12.3. The highest BCUT2D eigenvalue weighted by Crippen LogP contribution is 2.34. The van der Waals surface area contributed by atoms with Crippen LogP contribution in [-0.2, 0) is 9.53 Å². The molecule has 1 fully saturated rings. The first kappa shape index (κ1) is 10.7. The molecule has 0 aromatic carbocycles. The monoisotopic (exact) mass is 209 g/mol. The van der Waals surface area contributed by atoms with Gasteiger partial charge in [0.25, 0.3) is 0 Å². The Balaban J connectivity index is 2.13. The van der Waals surface area contributed by atoms with Crippen molar-refractivity contribution in [2.24, 2.45) is 5.41 Å². The summed E-state index contributed by atoms with van der Waals surface area (Å²) in [5.74, 6) is 0.829. The van der Waals surface area contributed by atoms with Crippen molar-refractivity contribution < 1.29 is 9.53 Å². The van der Waals surface area contributed by atoms with Crippen molar-refractivity contribution in [2.45, 2.75) is 32.6 Å². The molecule has 1 atom stereocenters. The van der Waals surface area contributed by atoms with Crippen molar-refractivity contribution in [3.63, 3.8) is 0 Å². The van der Waals surface area contributed by atoms with Crippen LogP contribution in [-0.4, -0.2) is 25.5 Å². The van der Waals surface area contributed by atoms with Gasteiger partial charge in [-0.15, -0.1) is 0 Å². The van der Waals surface area contributed by atoms with Crippen molar-refractivity contribution in [1.29, 1.82) is 0 Å². The van der Waals surface area contributed by atoms with Gasteiger partial charge in [0.05, 0.1) is 6.61 Å². The number of rotatable bonds is 3. The zero-order chi connectivity index (χ0) is 10.7. The molecular weight excluding hydrogens is 190 g/mol. The number of hydrogen-bond donors (Lipinski definition) is 1. The molecule has 2 aliphatic heterocycles. The third-order valence-electron chi connectivity index (χ3n) is 3.56. The van der Waals surface area contributed by atoms with Crippen LogP contribution >= 0.6 is 0 Å². The molecule has 1 N–H and O–H groups in total. The maximum atomic E-state index is 12.3. The minimum Gasteiger partial charge on any atom is -0.490 e. The lowest BCUT2D eigenvalue weighted by molar-refractivity contribution is -0.129. The summed E-state index contributed by atoms with van der Waals surface area (Å²) in [5, 5.41) is 3.33. The van der Waals surface area contributed by atoms with Crippen LogP contribution in [0.3, 0.4) is 0 Å². The Hall–Kier alpha value is -0.830. The zero-order valence-corrected chi connectivity index (χ0v) is 9.34. The van der Waals surface area contributed by atoms with Crippen LogP contribution < -0.4 is 5.32 Å². The second kappa shape index (κ2) is 4.35. The maximum Gasteiger partial charge on any atom is 0.204 e. The van der Waals surface area contributed by atoms with Crippen molar-refractivity contribution >= 4 is 5.78 Å². The number of ketones is 1. The molecule has 2 heterocycles. The first-order chi connectivity index (χ1) is 7.28. The third kappa shape index (κ3) is 1.93.